The van der Waals surface area contributed by atoms with Gasteiger partial charge < -0.3 is 10.2 Å². The number of nitrogens with zero attached hydrogens (tertiary/aromatic N) is 2. The van der Waals surface area contributed by atoms with Gasteiger partial charge in [0.2, 0.25) is 11.8 Å². The molecule has 0 radical (unpaired) electrons. The molecular weight excluding hydrogens is 408 g/mol. The van der Waals surface area contributed by atoms with E-state index >= 15 is 0 Å². The van der Waals surface area contributed by atoms with Crippen LogP contribution in [-0.4, -0.2) is 29.9 Å². The second-order valence-corrected chi connectivity index (χ2v) is 10.1. The topological polar surface area (TPSA) is 45.2 Å². The summed E-state index contributed by atoms with van der Waals surface area (Å²) in [6.07, 6.45) is 1.96. The van der Waals surface area contributed by atoms with Crippen LogP contribution in [-0.2, 0) is 10.2 Å². The lowest BCUT2D eigenvalue weighted by molar-refractivity contribution is -0.124. The minimum absolute atomic E-state index is 0.0352. The largest absolute Gasteiger partial charge is 0.359 e. The summed E-state index contributed by atoms with van der Waals surface area (Å²) in [7, 11) is 1.90. The number of hydrogen-bond donors (Lipinski definition) is 1. The summed E-state index contributed by atoms with van der Waals surface area (Å²) in [4.78, 5) is 19.9. The lowest BCUT2D eigenvalue weighted by Gasteiger charge is -2.34. The molecule has 1 N–H and O–H groups in total. The van der Waals surface area contributed by atoms with Crippen LogP contribution in [0.15, 0.2) is 36.5 Å². The Morgan fingerprint density at radius 1 is 1.12 bits per heavy atom. The van der Waals surface area contributed by atoms with Crippen molar-refractivity contribution in [2.45, 2.75) is 83.7 Å². The molecule has 1 saturated carbocycles. The van der Waals surface area contributed by atoms with E-state index in [2.05, 4.69) is 43.2 Å². The predicted octanol–water partition coefficient (Wildman–Crippen LogP) is 5.87. The van der Waals surface area contributed by atoms with Gasteiger partial charge in [-0.3, -0.25) is 9.78 Å². The number of likely N-dealkylation sites (N-methyl/N-ethyl adjacent to an activating group) is 1. The lowest BCUT2D eigenvalue weighted by atomic mass is 9.87. The summed E-state index contributed by atoms with van der Waals surface area (Å²) < 4.78 is 27.2. The predicted molar refractivity (Wildman–Crippen MR) is 125 cm³/mol. The number of hydrogen-bond acceptors (Lipinski definition) is 3. The van der Waals surface area contributed by atoms with Crippen molar-refractivity contribution in [3.05, 3.63) is 58.9 Å². The Balaban J connectivity index is 1.91. The summed E-state index contributed by atoms with van der Waals surface area (Å²) in [5, 5.41) is 3.05. The molecule has 1 atom stereocenters. The molecule has 1 fully saturated rings. The Kier molecular flexibility index (Phi) is 6.91. The molecule has 32 heavy (non-hydrogen) atoms. The summed E-state index contributed by atoms with van der Waals surface area (Å²) in [5.41, 5.74) is 4.79. The Labute approximate surface area is 190 Å². The molecule has 174 valence electrons. The Hall–Kier alpha value is -2.50. The first-order valence-electron chi connectivity index (χ1n) is 11.3. The van der Waals surface area contributed by atoms with Gasteiger partial charge in [0.05, 0.1) is 0 Å². The van der Waals surface area contributed by atoms with E-state index in [4.69, 9.17) is 0 Å². The van der Waals surface area contributed by atoms with Gasteiger partial charge in [-0.15, -0.1) is 0 Å². The number of carbonyl (C=O) groups is 1. The molecule has 1 aliphatic carbocycles. The SMILES string of the molecule is Cc1ccnc(C)c1C(C(=O)NC1CCC(F)(F)CC1)N(C)c1ccc(C(C)(C)C)cc1. The van der Waals surface area contributed by atoms with Crippen LogP contribution in [0, 0.1) is 13.8 Å². The highest BCUT2D eigenvalue weighted by Gasteiger charge is 2.37. The van der Waals surface area contributed by atoms with Crippen LogP contribution in [0.25, 0.3) is 0 Å². The van der Waals surface area contributed by atoms with Gasteiger partial charge in [-0.25, -0.2) is 8.78 Å². The van der Waals surface area contributed by atoms with E-state index < -0.39 is 12.0 Å². The zero-order valence-corrected chi connectivity index (χ0v) is 20.0. The summed E-state index contributed by atoms with van der Waals surface area (Å²) in [6, 6.07) is 9.30. The van der Waals surface area contributed by atoms with Gasteiger partial charge in [0.15, 0.2) is 0 Å². The van der Waals surface area contributed by atoms with Crippen molar-refractivity contribution in [3.8, 4) is 0 Å². The first-order chi connectivity index (χ1) is 14.9. The third-order valence-corrected chi connectivity index (χ3v) is 6.52. The van der Waals surface area contributed by atoms with Gasteiger partial charge in [-0.2, -0.15) is 0 Å². The van der Waals surface area contributed by atoms with Gasteiger partial charge in [0.25, 0.3) is 0 Å². The molecule has 1 aromatic heterocycles. The van der Waals surface area contributed by atoms with E-state index in [0.717, 1.165) is 22.5 Å². The number of aromatic nitrogens is 1. The quantitative estimate of drug-likeness (QED) is 0.629. The van der Waals surface area contributed by atoms with Crippen LogP contribution in [0.1, 0.15) is 74.9 Å². The monoisotopic (exact) mass is 443 g/mol. The molecule has 3 rings (SSSR count). The van der Waals surface area contributed by atoms with E-state index in [1.807, 2.05) is 44.0 Å². The number of amides is 1. The van der Waals surface area contributed by atoms with Crippen molar-refractivity contribution < 1.29 is 13.6 Å². The first-order valence-corrected chi connectivity index (χ1v) is 11.3. The molecule has 0 saturated heterocycles. The lowest BCUT2D eigenvalue weighted by Crippen LogP contribution is -2.46. The summed E-state index contributed by atoms with van der Waals surface area (Å²) in [6.45, 7) is 10.4. The van der Waals surface area contributed by atoms with E-state index in [1.165, 1.54) is 5.56 Å². The van der Waals surface area contributed by atoms with Crippen molar-refractivity contribution in [1.82, 2.24) is 10.3 Å². The number of anilines is 1. The second-order valence-electron chi connectivity index (χ2n) is 10.1. The molecule has 1 aliphatic rings. The van der Waals surface area contributed by atoms with Gasteiger partial charge in [-0.1, -0.05) is 32.9 Å². The highest BCUT2D eigenvalue weighted by molar-refractivity contribution is 5.87. The molecule has 6 heteroatoms. The van der Waals surface area contributed by atoms with Crippen LogP contribution in [0.2, 0.25) is 0 Å². The maximum atomic E-state index is 13.6. The fraction of sp³-hybridized carbons (Fsp3) is 0.538. The Morgan fingerprint density at radius 2 is 1.72 bits per heavy atom. The average Bonchev–Trinajstić information content (AvgIpc) is 2.71. The zero-order valence-electron chi connectivity index (χ0n) is 20.0. The van der Waals surface area contributed by atoms with Crippen molar-refractivity contribution in [3.63, 3.8) is 0 Å². The third-order valence-electron chi connectivity index (χ3n) is 6.52. The minimum Gasteiger partial charge on any atom is -0.359 e. The van der Waals surface area contributed by atoms with Crippen molar-refractivity contribution in [1.29, 1.82) is 0 Å². The van der Waals surface area contributed by atoms with E-state index in [-0.39, 0.29) is 30.2 Å². The van der Waals surface area contributed by atoms with Crippen LogP contribution in [0.4, 0.5) is 14.5 Å². The number of carbonyl (C=O) groups excluding carboxylic acids is 1. The standard InChI is InChI=1S/C26H35F2N3O/c1-17-13-16-29-18(2)22(17)23(24(32)30-20-11-14-26(27,28)15-12-20)31(6)21-9-7-19(8-10-21)25(3,4)5/h7-10,13,16,20,23H,11-12,14-15H2,1-6H3,(H,30,32). The number of nitrogens with one attached hydrogen (secondary N) is 1. The molecule has 1 aromatic carbocycles. The maximum Gasteiger partial charge on any atom is 0.248 e. The molecule has 1 heterocycles. The first kappa shape index (κ1) is 24.1. The number of halogens is 2. The van der Waals surface area contributed by atoms with Gasteiger partial charge in [0, 0.05) is 49.1 Å². The molecule has 0 spiro atoms. The molecule has 1 unspecified atom stereocenters. The normalized spacial score (nSPS) is 17.6. The Morgan fingerprint density at radius 3 is 2.25 bits per heavy atom. The minimum atomic E-state index is -2.62. The van der Waals surface area contributed by atoms with E-state index in [1.54, 1.807) is 6.20 Å². The fourth-order valence-electron chi connectivity index (χ4n) is 4.43. The van der Waals surface area contributed by atoms with Crippen LogP contribution < -0.4 is 10.2 Å². The Bertz CT molecular complexity index is 920. The highest BCUT2D eigenvalue weighted by atomic mass is 19.3. The van der Waals surface area contributed by atoms with E-state index in [9.17, 15) is 13.6 Å². The second kappa shape index (κ2) is 9.16. The number of aryl methyl sites for hydroxylation is 2. The molecule has 2 aromatic rings. The van der Waals surface area contributed by atoms with Crippen molar-refractivity contribution >= 4 is 11.6 Å². The highest BCUT2D eigenvalue weighted by Crippen LogP contribution is 2.35. The summed E-state index contributed by atoms with van der Waals surface area (Å²) in [5.74, 6) is -2.80. The van der Waals surface area contributed by atoms with E-state index in [0.29, 0.717) is 12.8 Å². The summed E-state index contributed by atoms with van der Waals surface area (Å²) >= 11 is 0. The van der Waals surface area contributed by atoms with Gasteiger partial charge >= 0.3 is 0 Å². The molecule has 1 amide bonds. The fourth-order valence-corrected chi connectivity index (χ4v) is 4.43. The molecular formula is C26H35F2N3O. The van der Waals surface area contributed by atoms with Crippen molar-refractivity contribution in [2.24, 2.45) is 0 Å². The number of benzene rings is 1. The van der Waals surface area contributed by atoms with Crippen LogP contribution in [0.5, 0.6) is 0 Å². The smallest absolute Gasteiger partial charge is 0.248 e. The molecule has 0 aliphatic heterocycles. The van der Waals surface area contributed by atoms with Gasteiger partial charge in [0.1, 0.15) is 6.04 Å². The molecule has 0 bridgehead atoms. The number of pyridine rings is 1. The van der Waals surface area contributed by atoms with Crippen LogP contribution in [0.3, 0.4) is 0 Å². The maximum absolute atomic E-state index is 13.6. The molecule has 4 nitrogen and oxygen atoms in total. The van der Waals surface area contributed by atoms with Crippen molar-refractivity contribution in [2.75, 3.05) is 11.9 Å². The van der Waals surface area contributed by atoms with Crippen LogP contribution >= 0.6 is 0 Å². The third kappa shape index (κ3) is 5.45. The average molecular weight is 444 g/mol. The number of alkyl halides is 2. The zero-order chi connectivity index (χ0) is 23.7. The number of rotatable bonds is 5. The van der Waals surface area contributed by atoms with Gasteiger partial charge in [-0.05, 0) is 61.4 Å².